The van der Waals surface area contributed by atoms with Crippen LogP contribution in [-0.2, 0) is 20.9 Å². The zero-order valence-corrected chi connectivity index (χ0v) is 11.8. The summed E-state index contributed by atoms with van der Waals surface area (Å²) in [7, 11) is 0. The Labute approximate surface area is 120 Å². The second-order valence-electron chi connectivity index (χ2n) is 3.86. The van der Waals surface area contributed by atoms with Gasteiger partial charge in [-0.2, -0.15) is 4.98 Å². The molecule has 0 aliphatic carbocycles. The number of carbonyl (C=O) groups excluding carboxylic acids is 1. The predicted octanol–water partition coefficient (Wildman–Crippen LogP) is 2.43. The van der Waals surface area contributed by atoms with Crippen LogP contribution in [0.2, 0.25) is 0 Å². The highest BCUT2D eigenvalue weighted by Crippen LogP contribution is 2.21. The molecule has 0 spiro atoms. The molecule has 0 fully saturated rings. The van der Waals surface area contributed by atoms with Gasteiger partial charge < -0.3 is 14.0 Å². The van der Waals surface area contributed by atoms with Gasteiger partial charge in [-0.1, -0.05) is 17.3 Å². The molecule has 0 aliphatic heterocycles. The summed E-state index contributed by atoms with van der Waals surface area (Å²) in [6.45, 7) is 5.33. The molecule has 0 saturated carbocycles. The average molecular weight is 294 g/mol. The van der Waals surface area contributed by atoms with Gasteiger partial charge in [0.05, 0.1) is 11.5 Å². The number of esters is 1. The smallest absolute Gasteiger partial charge is 0.335 e. The second kappa shape index (κ2) is 6.97. The van der Waals surface area contributed by atoms with Crippen LogP contribution >= 0.6 is 11.3 Å². The zero-order valence-electron chi connectivity index (χ0n) is 10.9. The van der Waals surface area contributed by atoms with E-state index in [2.05, 4.69) is 16.7 Å². The quantitative estimate of drug-likeness (QED) is 0.576. The lowest BCUT2D eigenvalue weighted by Crippen LogP contribution is -2.23. The van der Waals surface area contributed by atoms with Gasteiger partial charge in [0.1, 0.15) is 0 Å². The van der Waals surface area contributed by atoms with Gasteiger partial charge in [-0.25, -0.2) is 4.79 Å². The summed E-state index contributed by atoms with van der Waals surface area (Å²) in [6, 6.07) is 3.78. The minimum atomic E-state index is -0.660. The van der Waals surface area contributed by atoms with Crippen LogP contribution in [0.15, 0.2) is 34.7 Å². The summed E-state index contributed by atoms with van der Waals surface area (Å²) in [4.78, 5) is 16.6. The Balaban J connectivity index is 1.85. The topological polar surface area (TPSA) is 74.5 Å². The fourth-order valence-electron chi connectivity index (χ4n) is 1.35. The number of carbonyl (C=O) groups is 1. The maximum absolute atomic E-state index is 11.6. The van der Waals surface area contributed by atoms with E-state index in [-0.39, 0.29) is 12.5 Å². The van der Waals surface area contributed by atoms with E-state index in [4.69, 9.17) is 14.0 Å². The molecule has 0 amide bonds. The summed E-state index contributed by atoms with van der Waals surface area (Å²) < 4.78 is 15.2. The minimum absolute atomic E-state index is 0.0704. The van der Waals surface area contributed by atoms with Crippen molar-refractivity contribution in [2.24, 2.45) is 0 Å². The van der Waals surface area contributed by atoms with E-state index >= 15 is 0 Å². The lowest BCUT2D eigenvalue weighted by atomic mass is 10.4. The molecule has 7 heteroatoms. The predicted molar refractivity (Wildman–Crippen MR) is 73.0 cm³/mol. The molecule has 1 atom stereocenters. The lowest BCUT2D eigenvalue weighted by molar-refractivity contribution is -0.157. The van der Waals surface area contributed by atoms with Crippen LogP contribution in [0.5, 0.6) is 0 Å². The summed E-state index contributed by atoms with van der Waals surface area (Å²) in [6.07, 6.45) is 0.905. The van der Waals surface area contributed by atoms with Gasteiger partial charge in [0.25, 0.3) is 5.89 Å². The van der Waals surface area contributed by atoms with Gasteiger partial charge in [-0.05, 0) is 18.4 Å². The van der Waals surface area contributed by atoms with Crippen LogP contribution in [0.4, 0.5) is 0 Å². The van der Waals surface area contributed by atoms with Crippen molar-refractivity contribution in [3.8, 4) is 10.7 Å². The summed E-state index contributed by atoms with van der Waals surface area (Å²) >= 11 is 1.51. The van der Waals surface area contributed by atoms with Crippen LogP contribution in [0.3, 0.4) is 0 Å². The average Bonchev–Trinajstić information content (AvgIpc) is 3.12. The standard InChI is InChI=1S/C13H14N2O4S/c1-3-6-17-9(2)13(16)18-8-11-14-12(15-19-11)10-5-4-7-20-10/h3-5,7,9H,1,6,8H2,2H3. The lowest BCUT2D eigenvalue weighted by Gasteiger charge is -2.09. The van der Waals surface area contributed by atoms with Crippen molar-refractivity contribution in [2.75, 3.05) is 6.61 Å². The fourth-order valence-corrected chi connectivity index (χ4v) is 2.00. The summed E-state index contributed by atoms with van der Waals surface area (Å²) in [5.41, 5.74) is 0. The number of thiophene rings is 1. The van der Waals surface area contributed by atoms with E-state index in [1.54, 1.807) is 13.0 Å². The first-order chi connectivity index (χ1) is 9.70. The van der Waals surface area contributed by atoms with Crippen LogP contribution in [-0.4, -0.2) is 28.8 Å². The molecule has 0 radical (unpaired) electrons. The van der Waals surface area contributed by atoms with Crippen LogP contribution in [0.1, 0.15) is 12.8 Å². The van der Waals surface area contributed by atoms with Crippen molar-refractivity contribution in [1.82, 2.24) is 10.1 Å². The van der Waals surface area contributed by atoms with Crippen molar-refractivity contribution in [3.63, 3.8) is 0 Å². The van der Waals surface area contributed by atoms with Gasteiger partial charge in [0.2, 0.25) is 5.82 Å². The Morgan fingerprint density at radius 3 is 3.20 bits per heavy atom. The third-order valence-corrected chi connectivity index (χ3v) is 3.21. The molecule has 0 N–H and O–H groups in total. The number of hydrogen-bond donors (Lipinski definition) is 0. The molecule has 20 heavy (non-hydrogen) atoms. The first kappa shape index (κ1) is 14.4. The van der Waals surface area contributed by atoms with E-state index in [1.165, 1.54) is 11.3 Å². The minimum Gasteiger partial charge on any atom is -0.454 e. The van der Waals surface area contributed by atoms with E-state index in [9.17, 15) is 4.79 Å². The molecular formula is C13H14N2O4S. The third kappa shape index (κ3) is 3.75. The highest BCUT2D eigenvalue weighted by atomic mass is 32.1. The number of ether oxygens (including phenoxy) is 2. The monoisotopic (exact) mass is 294 g/mol. The summed E-state index contributed by atoms with van der Waals surface area (Å²) in [5.74, 6) is 0.252. The molecule has 2 aromatic heterocycles. The molecule has 0 bridgehead atoms. The first-order valence-corrected chi connectivity index (χ1v) is 6.84. The van der Waals surface area contributed by atoms with Crippen molar-refractivity contribution in [2.45, 2.75) is 19.6 Å². The van der Waals surface area contributed by atoms with E-state index in [0.717, 1.165) is 4.88 Å². The Bertz CT molecular complexity index is 565. The van der Waals surface area contributed by atoms with Gasteiger partial charge in [-0.3, -0.25) is 0 Å². The van der Waals surface area contributed by atoms with Crippen molar-refractivity contribution in [1.29, 1.82) is 0 Å². The van der Waals surface area contributed by atoms with Gasteiger partial charge in [0.15, 0.2) is 12.7 Å². The molecule has 0 aromatic carbocycles. The maximum atomic E-state index is 11.6. The Hall–Kier alpha value is -1.99. The highest BCUT2D eigenvalue weighted by molar-refractivity contribution is 7.13. The largest absolute Gasteiger partial charge is 0.454 e. The molecule has 2 rings (SSSR count). The van der Waals surface area contributed by atoms with Crippen molar-refractivity contribution < 1.29 is 18.8 Å². The van der Waals surface area contributed by atoms with Crippen molar-refractivity contribution in [3.05, 3.63) is 36.1 Å². The number of rotatable bonds is 7. The van der Waals surface area contributed by atoms with Gasteiger partial charge in [0, 0.05) is 0 Å². The SMILES string of the molecule is C=CCOC(C)C(=O)OCc1nc(-c2cccs2)no1. The molecule has 1 unspecified atom stereocenters. The van der Waals surface area contributed by atoms with E-state index < -0.39 is 12.1 Å². The van der Waals surface area contributed by atoms with E-state index in [1.807, 2.05) is 17.5 Å². The number of aromatic nitrogens is 2. The normalized spacial score (nSPS) is 12.1. The number of hydrogen-bond acceptors (Lipinski definition) is 7. The molecule has 0 aliphatic rings. The van der Waals surface area contributed by atoms with Crippen LogP contribution in [0, 0.1) is 0 Å². The third-order valence-electron chi connectivity index (χ3n) is 2.34. The van der Waals surface area contributed by atoms with E-state index in [0.29, 0.717) is 12.4 Å². The molecular weight excluding hydrogens is 280 g/mol. The van der Waals surface area contributed by atoms with Crippen molar-refractivity contribution >= 4 is 17.3 Å². The highest BCUT2D eigenvalue weighted by Gasteiger charge is 2.16. The molecule has 106 valence electrons. The first-order valence-electron chi connectivity index (χ1n) is 5.96. The molecule has 0 saturated heterocycles. The zero-order chi connectivity index (χ0) is 14.4. The molecule has 2 heterocycles. The Morgan fingerprint density at radius 1 is 1.65 bits per heavy atom. The fraction of sp³-hybridized carbons (Fsp3) is 0.308. The van der Waals surface area contributed by atoms with Crippen LogP contribution < -0.4 is 0 Å². The summed E-state index contributed by atoms with van der Waals surface area (Å²) in [5, 5.41) is 5.74. The van der Waals surface area contributed by atoms with Crippen LogP contribution in [0.25, 0.3) is 10.7 Å². The molecule has 6 nitrogen and oxygen atoms in total. The molecule has 2 aromatic rings. The number of nitrogens with zero attached hydrogens (tertiary/aromatic N) is 2. The Kier molecular flexibility index (Phi) is 5.03. The van der Waals surface area contributed by atoms with Gasteiger partial charge in [-0.15, -0.1) is 17.9 Å². The maximum Gasteiger partial charge on any atom is 0.335 e. The van der Waals surface area contributed by atoms with Gasteiger partial charge >= 0.3 is 5.97 Å². The Morgan fingerprint density at radius 2 is 2.50 bits per heavy atom. The second-order valence-corrected chi connectivity index (χ2v) is 4.81.